The molecule has 0 unspecified atom stereocenters. The lowest BCUT2D eigenvalue weighted by atomic mass is 10.2. The Morgan fingerprint density at radius 1 is 1.44 bits per heavy atom. The van der Waals surface area contributed by atoms with Crippen LogP contribution in [0.3, 0.4) is 0 Å². The molecule has 0 atom stereocenters. The normalized spacial score (nSPS) is 15.2. The summed E-state index contributed by atoms with van der Waals surface area (Å²) in [5.41, 5.74) is 6.37. The molecule has 6 heteroatoms. The van der Waals surface area contributed by atoms with Crippen LogP contribution in [0.15, 0.2) is 36.3 Å². The van der Waals surface area contributed by atoms with E-state index < -0.39 is 0 Å². The van der Waals surface area contributed by atoms with Crippen LogP contribution in [-0.2, 0) is 11.5 Å². The molecule has 1 aromatic carbocycles. The number of ether oxygens (including phenoxy) is 1. The zero-order valence-electron chi connectivity index (χ0n) is 8.83. The van der Waals surface area contributed by atoms with Crippen molar-refractivity contribution in [1.82, 2.24) is 10.3 Å². The molecule has 0 saturated heterocycles. The zero-order valence-corrected chi connectivity index (χ0v) is 8.83. The van der Waals surface area contributed by atoms with Gasteiger partial charge in [-0.3, -0.25) is 5.21 Å². The number of rotatable bonds is 3. The van der Waals surface area contributed by atoms with Crippen LogP contribution in [-0.4, -0.2) is 22.6 Å². The third kappa shape index (κ3) is 2.02. The number of nitrogens with zero attached hydrogens (tertiary/aromatic N) is 2. The molecule has 1 aliphatic heterocycles. The smallest absolute Gasteiger partial charge is 0.176 e. The van der Waals surface area contributed by atoms with Crippen molar-refractivity contribution in [2.45, 2.75) is 6.54 Å². The standard InChI is InChI=1S/C10H13N3O3/c1-15-9-5-3-2-4-8(9)6-12-7-10(11)13(14)16-12/h2-5,7,14H,6,11H2,1H3. The molecule has 0 fully saturated rings. The Kier molecular flexibility index (Phi) is 2.84. The fourth-order valence-corrected chi connectivity index (χ4v) is 1.44. The molecule has 3 N–H and O–H groups in total. The molecule has 0 amide bonds. The van der Waals surface area contributed by atoms with Crippen LogP contribution in [0.25, 0.3) is 0 Å². The van der Waals surface area contributed by atoms with E-state index in [1.54, 1.807) is 7.11 Å². The van der Waals surface area contributed by atoms with E-state index in [-0.39, 0.29) is 5.82 Å². The number of benzene rings is 1. The van der Waals surface area contributed by atoms with Gasteiger partial charge in [-0.25, -0.2) is 5.06 Å². The lowest BCUT2D eigenvalue weighted by molar-refractivity contribution is -0.389. The molecule has 86 valence electrons. The molecule has 1 aromatic rings. The zero-order chi connectivity index (χ0) is 11.5. The minimum atomic E-state index is 0.134. The van der Waals surface area contributed by atoms with Crippen LogP contribution in [0.1, 0.15) is 5.56 Å². The SMILES string of the molecule is COc1ccccc1CN1C=C(N)N(O)O1. The van der Waals surface area contributed by atoms with Crippen molar-refractivity contribution >= 4 is 0 Å². The first-order valence-electron chi connectivity index (χ1n) is 4.73. The van der Waals surface area contributed by atoms with Crippen molar-refractivity contribution in [1.29, 1.82) is 0 Å². The van der Waals surface area contributed by atoms with E-state index in [9.17, 15) is 0 Å². The fraction of sp³-hybridized carbons (Fsp3) is 0.200. The first kappa shape index (κ1) is 10.6. The van der Waals surface area contributed by atoms with Crippen LogP contribution in [0.2, 0.25) is 0 Å². The largest absolute Gasteiger partial charge is 0.496 e. The van der Waals surface area contributed by atoms with E-state index in [0.717, 1.165) is 11.3 Å². The lowest BCUT2D eigenvalue weighted by Crippen LogP contribution is -2.23. The van der Waals surface area contributed by atoms with Gasteiger partial charge in [0.2, 0.25) is 0 Å². The van der Waals surface area contributed by atoms with Gasteiger partial charge in [-0.2, -0.15) is 0 Å². The predicted octanol–water partition coefficient (Wildman–Crippen LogP) is 0.806. The molecule has 0 bridgehead atoms. The number of hydroxylamine groups is 4. The second-order valence-electron chi connectivity index (χ2n) is 3.30. The Morgan fingerprint density at radius 2 is 2.19 bits per heavy atom. The quantitative estimate of drug-likeness (QED) is 0.790. The Bertz CT molecular complexity index is 408. The van der Waals surface area contributed by atoms with Gasteiger partial charge >= 0.3 is 0 Å². The summed E-state index contributed by atoms with van der Waals surface area (Å²) < 4.78 is 5.20. The summed E-state index contributed by atoms with van der Waals surface area (Å²) in [7, 11) is 1.60. The number of hydrogen-bond acceptors (Lipinski definition) is 6. The molecule has 6 nitrogen and oxygen atoms in total. The first-order chi connectivity index (χ1) is 7.70. The maximum atomic E-state index is 9.12. The Balaban J connectivity index is 2.10. The van der Waals surface area contributed by atoms with Gasteiger partial charge in [-0.15, -0.1) is 4.94 Å². The minimum Gasteiger partial charge on any atom is -0.496 e. The number of hydrogen-bond donors (Lipinski definition) is 2. The highest BCUT2D eigenvalue weighted by Gasteiger charge is 2.19. The van der Waals surface area contributed by atoms with Gasteiger partial charge in [-0.1, -0.05) is 23.4 Å². The monoisotopic (exact) mass is 223 g/mol. The van der Waals surface area contributed by atoms with Gasteiger partial charge in [0.15, 0.2) is 5.82 Å². The van der Waals surface area contributed by atoms with Crippen molar-refractivity contribution in [3.05, 3.63) is 41.8 Å². The highest BCUT2D eigenvalue weighted by atomic mass is 17.0. The maximum Gasteiger partial charge on any atom is 0.176 e. The van der Waals surface area contributed by atoms with Crippen molar-refractivity contribution < 1.29 is 14.9 Å². The molecular weight excluding hydrogens is 210 g/mol. The van der Waals surface area contributed by atoms with Gasteiger partial charge in [0, 0.05) is 5.56 Å². The summed E-state index contributed by atoms with van der Waals surface area (Å²) in [5, 5.41) is 11.0. The molecule has 2 rings (SSSR count). The van der Waals surface area contributed by atoms with Gasteiger partial charge < -0.3 is 10.5 Å². The molecular formula is C10H13N3O3. The van der Waals surface area contributed by atoms with Gasteiger partial charge in [0.05, 0.1) is 19.9 Å². The summed E-state index contributed by atoms with van der Waals surface area (Å²) in [6.07, 6.45) is 1.49. The Hall–Kier alpha value is -1.92. The molecule has 16 heavy (non-hydrogen) atoms. The fourth-order valence-electron chi connectivity index (χ4n) is 1.44. The van der Waals surface area contributed by atoms with Gasteiger partial charge in [0.1, 0.15) is 5.75 Å². The van der Waals surface area contributed by atoms with E-state index in [1.165, 1.54) is 11.3 Å². The summed E-state index contributed by atoms with van der Waals surface area (Å²) in [4.78, 5) is 4.93. The summed E-state index contributed by atoms with van der Waals surface area (Å²) in [5.74, 6) is 0.893. The average molecular weight is 223 g/mol. The third-order valence-electron chi connectivity index (χ3n) is 2.20. The number of para-hydroxylation sites is 1. The number of methoxy groups -OCH3 is 1. The highest BCUT2D eigenvalue weighted by molar-refractivity contribution is 5.33. The second-order valence-corrected chi connectivity index (χ2v) is 3.30. The van der Waals surface area contributed by atoms with E-state index in [4.69, 9.17) is 20.6 Å². The molecule has 1 aliphatic rings. The minimum absolute atomic E-state index is 0.134. The molecule has 0 aliphatic carbocycles. The molecule has 1 heterocycles. The number of nitrogens with two attached hydrogens (primary N) is 1. The van der Waals surface area contributed by atoms with E-state index in [2.05, 4.69) is 0 Å². The van der Waals surface area contributed by atoms with Crippen LogP contribution in [0, 0.1) is 0 Å². The highest BCUT2D eigenvalue weighted by Crippen LogP contribution is 2.21. The molecule has 0 spiro atoms. The van der Waals surface area contributed by atoms with Crippen molar-refractivity contribution in [3.63, 3.8) is 0 Å². The first-order valence-corrected chi connectivity index (χ1v) is 4.73. The Labute approximate surface area is 92.9 Å². The van der Waals surface area contributed by atoms with Crippen LogP contribution in [0.5, 0.6) is 5.75 Å². The topological polar surface area (TPSA) is 71.2 Å². The lowest BCUT2D eigenvalue weighted by Gasteiger charge is -2.16. The van der Waals surface area contributed by atoms with Crippen molar-refractivity contribution in [2.75, 3.05) is 7.11 Å². The van der Waals surface area contributed by atoms with Gasteiger partial charge in [0.25, 0.3) is 0 Å². The summed E-state index contributed by atoms with van der Waals surface area (Å²) in [6, 6.07) is 7.55. The second kappa shape index (κ2) is 4.30. The van der Waals surface area contributed by atoms with E-state index in [0.29, 0.717) is 11.8 Å². The predicted molar refractivity (Wildman–Crippen MR) is 55.5 cm³/mol. The molecule has 0 radical (unpaired) electrons. The van der Waals surface area contributed by atoms with Crippen molar-refractivity contribution in [3.8, 4) is 5.75 Å². The Morgan fingerprint density at radius 3 is 2.81 bits per heavy atom. The molecule has 0 saturated carbocycles. The van der Waals surface area contributed by atoms with E-state index >= 15 is 0 Å². The van der Waals surface area contributed by atoms with Crippen LogP contribution < -0.4 is 10.5 Å². The average Bonchev–Trinajstić information content (AvgIpc) is 2.59. The van der Waals surface area contributed by atoms with Crippen molar-refractivity contribution in [2.24, 2.45) is 5.73 Å². The summed E-state index contributed by atoms with van der Waals surface area (Å²) >= 11 is 0. The van der Waals surface area contributed by atoms with Crippen LogP contribution >= 0.6 is 0 Å². The van der Waals surface area contributed by atoms with E-state index in [1.807, 2.05) is 24.3 Å². The summed E-state index contributed by atoms with van der Waals surface area (Å²) in [6.45, 7) is 0.432. The third-order valence-corrected chi connectivity index (χ3v) is 2.20. The van der Waals surface area contributed by atoms with Crippen LogP contribution in [0.4, 0.5) is 0 Å². The van der Waals surface area contributed by atoms with Gasteiger partial charge in [-0.05, 0) is 6.07 Å². The maximum absolute atomic E-state index is 9.12. The molecule has 0 aromatic heterocycles.